The molecule has 19 heteroatoms. The van der Waals surface area contributed by atoms with Crippen LogP contribution in [0.3, 0.4) is 0 Å². The van der Waals surface area contributed by atoms with E-state index in [1.54, 1.807) is 18.2 Å². The van der Waals surface area contributed by atoms with Crippen LogP contribution in [-0.4, -0.2) is 86.9 Å². The lowest BCUT2D eigenvalue weighted by atomic mass is 9.73. The Balaban J connectivity index is 0.873. The van der Waals surface area contributed by atoms with Crippen LogP contribution in [0.15, 0.2) is 114 Å². The van der Waals surface area contributed by atoms with Gasteiger partial charge in [-0.1, -0.05) is 83.9 Å². The first-order valence-corrected chi connectivity index (χ1v) is 25.4. The molecule has 370 valence electrons. The van der Waals surface area contributed by atoms with Crippen LogP contribution in [0.25, 0.3) is 0 Å². The van der Waals surface area contributed by atoms with Gasteiger partial charge in [0.05, 0.1) is 17.5 Å². The molecule has 4 aromatic carbocycles. The zero-order chi connectivity index (χ0) is 49.1. The first-order valence-electron chi connectivity index (χ1n) is 23.3. The number of aromatic nitrogens is 1. The Hall–Kier alpha value is -5.72. The molecule has 1 saturated carbocycles. The molecule has 2 bridgehead atoms. The number of hydrogen-bond donors (Lipinski definition) is 2. The third kappa shape index (κ3) is 11.6. The maximum Gasteiger partial charge on any atom is 0.408 e. The molecular formula is C51H52Cl2F2N4O10S. The number of amides is 1. The van der Waals surface area contributed by atoms with Crippen molar-refractivity contribution in [3.05, 3.63) is 147 Å². The number of benzene rings is 4. The summed E-state index contributed by atoms with van der Waals surface area (Å²) in [7, 11) is -4.09. The van der Waals surface area contributed by atoms with E-state index in [9.17, 15) is 37.1 Å². The molecule has 1 aromatic heterocycles. The predicted octanol–water partition coefficient (Wildman–Crippen LogP) is 7.41. The minimum absolute atomic E-state index is 0.00658. The Kier molecular flexibility index (Phi) is 15.0. The number of ether oxygens (including phenoxy) is 4. The Morgan fingerprint density at radius 3 is 2.17 bits per heavy atom. The molecule has 4 aliphatic heterocycles. The minimum Gasteiger partial charge on any atom is -0.550 e. The zero-order valence-electron chi connectivity index (χ0n) is 37.9. The number of pyridine rings is 1. The number of nitrogens with one attached hydrogen (secondary N) is 1. The van der Waals surface area contributed by atoms with Crippen molar-refractivity contribution in [2.75, 3.05) is 39.3 Å². The summed E-state index contributed by atoms with van der Waals surface area (Å²) in [6.07, 6.45) is 5.51. The molecule has 1 aliphatic carbocycles. The van der Waals surface area contributed by atoms with Crippen LogP contribution in [0, 0.1) is 23.7 Å². The predicted molar refractivity (Wildman–Crippen MR) is 250 cm³/mol. The Morgan fingerprint density at radius 2 is 1.53 bits per heavy atom. The number of alkyl halides is 2. The third-order valence-corrected chi connectivity index (χ3v) is 16.3. The van der Waals surface area contributed by atoms with E-state index in [0.29, 0.717) is 33.1 Å². The molecule has 5 aliphatic rings. The zero-order valence-corrected chi connectivity index (χ0v) is 40.2. The van der Waals surface area contributed by atoms with Crippen LogP contribution in [0.5, 0.6) is 17.2 Å². The summed E-state index contributed by atoms with van der Waals surface area (Å²) in [6, 6.07) is 26.9. The summed E-state index contributed by atoms with van der Waals surface area (Å²) in [5.41, 5.74) is 2.98. The Labute approximate surface area is 414 Å². The Morgan fingerprint density at radius 1 is 0.829 bits per heavy atom. The monoisotopic (exact) mass is 1020 g/mol. The highest BCUT2D eigenvalue weighted by molar-refractivity contribution is 7.89. The number of carboxylic acids is 1. The summed E-state index contributed by atoms with van der Waals surface area (Å²) < 4.78 is 79.4. The number of hydrogen-bond acceptors (Lipinski definition) is 11. The largest absolute Gasteiger partial charge is 0.550 e. The number of carbonyl (C=O) groups excluding carboxylic acids is 2. The summed E-state index contributed by atoms with van der Waals surface area (Å²) in [4.78, 5) is 28.8. The fourth-order valence-electron chi connectivity index (χ4n) is 9.73. The third-order valence-electron chi connectivity index (χ3n) is 13.8. The fourth-order valence-corrected chi connectivity index (χ4v) is 11.9. The summed E-state index contributed by atoms with van der Waals surface area (Å²) in [5.74, 6) is -3.61. The lowest BCUT2D eigenvalue weighted by molar-refractivity contribution is -0.904. The lowest BCUT2D eigenvalue weighted by Gasteiger charge is -2.45. The van der Waals surface area contributed by atoms with Crippen LogP contribution in [-0.2, 0) is 32.6 Å². The second kappa shape index (κ2) is 21.3. The van der Waals surface area contributed by atoms with E-state index in [0.717, 1.165) is 56.4 Å². The molecule has 70 heavy (non-hydrogen) atoms. The standard InChI is InChI=1S/C51H52Cl2F2N4O10S/c52-42-26-58(63)27-43(53)41(42)23-40(35-13-16-44(68-50(54)55)45(22-35)67-30-31-9-10-31)47(49(60)61)37-24-59(25-37)70(64,65)39-14-11-32(12-15-39)29-66-38-8-4-7-36(21-38)48(34-5-2-1-3-6-34)56-51(62)69-46-28-57-19-17-33(46)18-20-57/h1-8,11-16,21-22,26-27,31,33,37,40,46-48,50H,9-10,17-20,23-25,28-30H2,(H2-,56,60,61,62,63)/t40-,46+,47?,48+/m1/s1. The average molecular weight is 1020 g/mol. The van der Waals surface area contributed by atoms with Gasteiger partial charge in [-0.05, 0) is 128 Å². The molecule has 5 heterocycles. The fraction of sp³-hybridized carbons (Fsp3) is 0.392. The van der Waals surface area contributed by atoms with Crippen molar-refractivity contribution in [1.29, 1.82) is 0 Å². The second-order valence-electron chi connectivity index (χ2n) is 18.5. The quantitative estimate of drug-likeness (QED) is 0.0588. The van der Waals surface area contributed by atoms with E-state index in [1.165, 1.54) is 47.0 Å². The van der Waals surface area contributed by atoms with Gasteiger partial charge in [0.2, 0.25) is 22.4 Å². The summed E-state index contributed by atoms with van der Waals surface area (Å²) >= 11 is 13.0. The van der Waals surface area contributed by atoms with Gasteiger partial charge in [0.25, 0.3) is 0 Å². The molecule has 14 nitrogen and oxygen atoms in total. The van der Waals surface area contributed by atoms with E-state index in [4.69, 9.17) is 42.1 Å². The lowest BCUT2D eigenvalue weighted by Crippen LogP contribution is -2.57. The van der Waals surface area contributed by atoms with Crippen LogP contribution in [0.1, 0.15) is 65.5 Å². The molecule has 5 fully saturated rings. The SMILES string of the molecule is O=C(N[C@@H](c1ccccc1)c1cccc(OCc2ccc(S(=O)(=O)N3CC(C(C(=O)[O-])[C@H](Cc4c(Cl)c[n+](O)cc4Cl)c4ccc(OC(F)F)c(OCC5CC5)c4)C3)cc2)c1)O[C@H]1CN2CCC1CC2. The van der Waals surface area contributed by atoms with Crippen molar-refractivity contribution in [3.63, 3.8) is 0 Å². The molecule has 4 atom stereocenters. The van der Waals surface area contributed by atoms with Crippen LogP contribution >= 0.6 is 23.2 Å². The van der Waals surface area contributed by atoms with E-state index in [1.807, 2.05) is 48.5 Å². The van der Waals surface area contributed by atoms with Crippen molar-refractivity contribution < 1.29 is 60.8 Å². The van der Waals surface area contributed by atoms with Gasteiger partial charge in [0, 0.05) is 41.8 Å². The van der Waals surface area contributed by atoms with E-state index >= 15 is 0 Å². The molecule has 1 unspecified atom stereocenters. The molecular weight excluding hydrogens is 970 g/mol. The highest BCUT2D eigenvalue weighted by atomic mass is 35.5. The van der Waals surface area contributed by atoms with Gasteiger partial charge in [-0.3, -0.25) is 10.1 Å². The van der Waals surface area contributed by atoms with Gasteiger partial charge in [0.15, 0.2) is 11.5 Å². The molecule has 10 rings (SSSR count). The van der Waals surface area contributed by atoms with Gasteiger partial charge in [-0.25, -0.2) is 13.2 Å². The number of carbonyl (C=O) groups is 2. The molecule has 0 spiro atoms. The minimum atomic E-state index is -4.09. The first-order chi connectivity index (χ1) is 33.7. The number of alkyl carbamates (subject to hydrolysis) is 1. The summed E-state index contributed by atoms with van der Waals surface area (Å²) in [5, 5.41) is 26.4. The molecule has 1 amide bonds. The smallest absolute Gasteiger partial charge is 0.408 e. The van der Waals surface area contributed by atoms with E-state index in [-0.39, 0.29) is 71.2 Å². The molecule has 0 radical (unpaired) electrons. The van der Waals surface area contributed by atoms with Crippen LogP contribution in [0.4, 0.5) is 13.6 Å². The number of nitrogens with zero attached hydrogens (tertiary/aromatic N) is 3. The van der Waals surface area contributed by atoms with Crippen LogP contribution in [0.2, 0.25) is 10.0 Å². The van der Waals surface area contributed by atoms with Crippen LogP contribution < -0.4 is 29.4 Å². The van der Waals surface area contributed by atoms with Gasteiger partial charge < -0.3 is 34.2 Å². The number of fused-ring (bicyclic) bond motifs is 3. The van der Waals surface area contributed by atoms with Gasteiger partial charge in [0.1, 0.15) is 28.5 Å². The number of halogens is 4. The second-order valence-corrected chi connectivity index (χ2v) is 21.2. The van der Waals surface area contributed by atoms with E-state index < -0.39 is 52.5 Å². The number of carboxylic acid groups (broad SMARTS) is 1. The number of aliphatic carboxylic acids is 1. The number of sulfonamides is 1. The van der Waals surface area contributed by atoms with Gasteiger partial charge in [-0.2, -0.15) is 13.1 Å². The topological polar surface area (TPSA) is 171 Å². The van der Waals surface area contributed by atoms with Gasteiger partial charge >= 0.3 is 12.7 Å². The number of rotatable bonds is 20. The highest BCUT2D eigenvalue weighted by Gasteiger charge is 2.45. The van der Waals surface area contributed by atoms with Crippen molar-refractivity contribution in [3.8, 4) is 17.2 Å². The average Bonchev–Trinajstić information content (AvgIpc) is 4.16. The van der Waals surface area contributed by atoms with Crippen molar-refractivity contribution in [1.82, 2.24) is 14.5 Å². The Bertz CT molecular complexity index is 2760. The van der Waals surface area contributed by atoms with Crippen molar-refractivity contribution in [2.45, 2.75) is 68.3 Å². The maximum atomic E-state index is 14.0. The highest BCUT2D eigenvalue weighted by Crippen LogP contribution is 2.44. The van der Waals surface area contributed by atoms with Gasteiger partial charge in [-0.15, -0.1) is 0 Å². The molecule has 5 aromatic rings. The van der Waals surface area contributed by atoms with E-state index in [2.05, 4.69) is 10.2 Å². The van der Waals surface area contributed by atoms with Crippen molar-refractivity contribution in [2.24, 2.45) is 23.7 Å². The molecule has 4 saturated heterocycles. The number of piperidine rings is 3. The van der Waals surface area contributed by atoms with Crippen molar-refractivity contribution >= 4 is 45.3 Å². The first kappa shape index (κ1) is 49.3. The normalized spacial score (nSPS) is 20.5. The summed E-state index contributed by atoms with van der Waals surface area (Å²) in [6.45, 7) is -0.322. The maximum absolute atomic E-state index is 14.0. The molecule has 2 N–H and O–H groups in total.